The third kappa shape index (κ3) is 5.34. The van der Waals surface area contributed by atoms with Gasteiger partial charge in [-0.2, -0.15) is 0 Å². The summed E-state index contributed by atoms with van der Waals surface area (Å²) in [5.74, 6) is 1.89. The Morgan fingerprint density at radius 2 is 1.00 bits per heavy atom. The van der Waals surface area contributed by atoms with Gasteiger partial charge in [-0.05, 0) is 0 Å². The summed E-state index contributed by atoms with van der Waals surface area (Å²) in [6.07, 6.45) is 4.53. The van der Waals surface area contributed by atoms with Crippen molar-refractivity contribution >= 4 is 48.9 Å². The van der Waals surface area contributed by atoms with E-state index in [2.05, 4.69) is 139 Å². The summed E-state index contributed by atoms with van der Waals surface area (Å²) in [5.41, 5.74) is 4.63. The van der Waals surface area contributed by atoms with Gasteiger partial charge in [0.05, 0.1) is 0 Å². The zero-order valence-corrected chi connectivity index (χ0v) is 31.5. The summed E-state index contributed by atoms with van der Waals surface area (Å²) in [5, 5.41) is 0.168. The Morgan fingerprint density at radius 1 is 0.667 bits per heavy atom. The summed E-state index contributed by atoms with van der Waals surface area (Å²) in [6.45, 7) is 24.9. The van der Waals surface area contributed by atoms with Crippen molar-refractivity contribution in [1.82, 2.24) is 0 Å². The molecule has 2 aromatic rings. The standard InChI is InChI=1S/2C15H21OSi.C2H4.2ClH.Zr/c2*1-15(2,3)17(4,5)16-14-11-10-12-8-6-7-9-13(12)14;1-2;;;/h2*6-11H,1-5H3;1H,2H3;2*1H;/q;;;;;+2/p-2. The summed E-state index contributed by atoms with van der Waals surface area (Å²) < 4.78 is 15.8. The minimum atomic E-state index is -4.85. The Hall–Kier alpha value is -0.713. The van der Waals surface area contributed by atoms with E-state index in [1.807, 2.05) is 0 Å². The quantitative estimate of drug-likeness (QED) is 0.283. The molecule has 0 fully saturated rings. The van der Waals surface area contributed by atoms with Gasteiger partial charge in [0.2, 0.25) is 0 Å². The predicted octanol–water partition coefficient (Wildman–Crippen LogP) is 11.0. The molecule has 2 aliphatic carbocycles. The van der Waals surface area contributed by atoms with Crippen molar-refractivity contribution < 1.29 is 24.8 Å². The van der Waals surface area contributed by atoms with E-state index in [1.165, 1.54) is 11.1 Å². The van der Waals surface area contributed by atoms with Gasteiger partial charge in [-0.1, -0.05) is 0 Å². The molecule has 2 nitrogen and oxygen atoms in total. The summed E-state index contributed by atoms with van der Waals surface area (Å²) in [4.78, 5) is 0. The molecule has 2 aliphatic rings. The van der Waals surface area contributed by atoms with Crippen LogP contribution < -0.4 is 0 Å². The second-order valence-electron chi connectivity index (χ2n) is 14.4. The number of fused-ring (bicyclic) bond motifs is 2. The molecule has 212 valence electrons. The van der Waals surface area contributed by atoms with Crippen molar-refractivity contribution in [2.24, 2.45) is 0 Å². The third-order valence-corrected chi connectivity index (χ3v) is 37.6. The number of hydrogen-bond acceptors (Lipinski definition) is 2. The average molecular weight is 681 g/mol. The molecule has 0 amide bonds. The van der Waals surface area contributed by atoms with Crippen LogP contribution >= 0.6 is 17.0 Å². The first kappa shape index (κ1) is 31.2. The second-order valence-corrected chi connectivity index (χ2v) is 45.5. The Labute approximate surface area is 246 Å². The van der Waals surface area contributed by atoms with Gasteiger partial charge in [0.25, 0.3) is 0 Å². The van der Waals surface area contributed by atoms with Gasteiger partial charge >= 0.3 is 249 Å². The summed E-state index contributed by atoms with van der Waals surface area (Å²) in [6, 6.07) is 17.1. The van der Waals surface area contributed by atoms with Crippen molar-refractivity contribution in [3.63, 3.8) is 0 Å². The van der Waals surface area contributed by atoms with Crippen LogP contribution in [-0.2, 0) is 24.8 Å². The molecule has 0 bridgehead atoms. The number of allylic oxidation sites excluding steroid dienone is 2. The van der Waals surface area contributed by atoms with E-state index >= 15 is 0 Å². The van der Waals surface area contributed by atoms with E-state index in [4.69, 9.17) is 25.9 Å². The minimum absolute atomic E-state index is 0.0842. The van der Waals surface area contributed by atoms with Gasteiger partial charge < -0.3 is 0 Å². The van der Waals surface area contributed by atoms with Gasteiger partial charge in [-0.25, -0.2) is 0 Å². The van der Waals surface area contributed by atoms with Crippen LogP contribution in [0, 0.1) is 0 Å². The van der Waals surface area contributed by atoms with Crippen molar-refractivity contribution in [3.8, 4) is 0 Å². The predicted molar refractivity (Wildman–Crippen MR) is 174 cm³/mol. The Balaban J connectivity index is 1.88. The van der Waals surface area contributed by atoms with E-state index in [9.17, 15) is 0 Å². The normalized spacial score (nSPS) is 20.2. The molecule has 0 saturated carbocycles. The van der Waals surface area contributed by atoms with Crippen LogP contribution in [0.25, 0.3) is 11.5 Å². The van der Waals surface area contributed by atoms with Gasteiger partial charge in [-0.3, -0.25) is 0 Å². The number of halogens is 2. The molecule has 0 radical (unpaired) electrons. The molecular formula is C32H46Cl2O2Si2Zr. The zero-order valence-electron chi connectivity index (χ0n) is 25.6. The maximum atomic E-state index is 8.04. The first-order valence-electron chi connectivity index (χ1n) is 14.1. The second kappa shape index (κ2) is 9.94. The van der Waals surface area contributed by atoms with Crippen LogP contribution in [0.5, 0.6) is 0 Å². The molecule has 0 heterocycles. The van der Waals surface area contributed by atoms with E-state index in [0.717, 1.165) is 22.6 Å². The van der Waals surface area contributed by atoms with E-state index in [0.29, 0.717) is 0 Å². The van der Waals surface area contributed by atoms with E-state index in [1.54, 1.807) is 0 Å². The van der Waals surface area contributed by atoms with Crippen LogP contribution in [0.3, 0.4) is 0 Å². The SMILES string of the molecule is C[CH]=[Zr]([Cl])([Cl])([CH]1C=C(O[Si](C)(C)C(C)(C)C)c2ccccc21)[CH]1C=C(O[Si](C)(C)C(C)(C)C)c2ccccc21. The van der Waals surface area contributed by atoms with E-state index in [-0.39, 0.29) is 17.3 Å². The van der Waals surface area contributed by atoms with Gasteiger partial charge in [0.1, 0.15) is 0 Å². The van der Waals surface area contributed by atoms with Crippen LogP contribution in [-0.4, -0.2) is 20.3 Å². The fourth-order valence-corrected chi connectivity index (χ4v) is 20.7. The molecule has 0 aromatic heterocycles. The molecule has 7 heteroatoms. The Bertz CT molecular complexity index is 1320. The topological polar surface area (TPSA) is 18.5 Å². The van der Waals surface area contributed by atoms with Crippen molar-refractivity contribution in [1.29, 1.82) is 0 Å². The number of benzene rings is 2. The molecule has 4 rings (SSSR count). The molecule has 2 aromatic carbocycles. The Morgan fingerprint density at radius 3 is 1.31 bits per heavy atom. The monoisotopic (exact) mass is 678 g/mol. The van der Waals surface area contributed by atoms with Gasteiger partial charge in [-0.15, -0.1) is 0 Å². The molecule has 2 unspecified atom stereocenters. The molecule has 2 atom stereocenters. The van der Waals surface area contributed by atoms with Crippen LogP contribution in [0.1, 0.15) is 78.0 Å². The number of hydrogen-bond donors (Lipinski definition) is 0. The first-order valence-corrected chi connectivity index (χ1v) is 30.5. The zero-order chi connectivity index (χ0) is 29.3. The first-order chi connectivity index (χ1) is 17.7. The van der Waals surface area contributed by atoms with Crippen LogP contribution in [0.2, 0.25) is 36.3 Å². The molecule has 0 aliphatic heterocycles. The van der Waals surface area contributed by atoms with Gasteiger partial charge in [0.15, 0.2) is 0 Å². The fraction of sp³-hybridized carbons (Fsp3) is 0.469. The maximum absolute atomic E-state index is 8.04. The summed E-state index contributed by atoms with van der Waals surface area (Å²) in [7, 11) is 11.9. The number of rotatable bonds is 6. The fourth-order valence-electron chi connectivity index (χ4n) is 5.15. The molecule has 0 N–H and O–H groups in total. The van der Waals surface area contributed by atoms with Crippen molar-refractivity contribution in [3.05, 3.63) is 82.9 Å². The molecule has 0 saturated heterocycles. The molecule has 0 spiro atoms. The van der Waals surface area contributed by atoms with Gasteiger partial charge in [0, 0.05) is 0 Å². The third-order valence-electron chi connectivity index (χ3n) is 9.84. The summed E-state index contributed by atoms with van der Waals surface area (Å²) >= 11 is -4.85. The van der Waals surface area contributed by atoms with Crippen LogP contribution in [0.4, 0.5) is 0 Å². The molecular weight excluding hydrogens is 635 g/mol. The van der Waals surface area contributed by atoms with Crippen molar-refractivity contribution in [2.45, 2.75) is 92.0 Å². The van der Waals surface area contributed by atoms with E-state index < -0.39 is 32.5 Å². The Kier molecular flexibility index (Phi) is 7.96. The van der Waals surface area contributed by atoms with Crippen LogP contribution in [0.15, 0.2) is 60.7 Å². The average Bonchev–Trinajstić information content (AvgIpc) is 3.38. The molecule has 39 heavy (non-hydrogen) atoms. The van der Waals surface area contributed by atoms with Crippen molar-refractivity contribution in [2.75, 3.05) is 0 Å².